The first-order valence-electron chi connectivity index (χ1n) is 9.07. The van der Waals surface area contributed by atoms with E-state index in [1.165, 1.54) is 17.1 Å². The molecule has 1 aliphatic heterocycles. The van der Waals surface area contributed by atoms with Crippen LogP contribution in [-0.2, 0) is 15.6 Å². The lowest BCUT2D eigenvalue weighted by atomic mass is 9.96. The monoisotopic (exact) mass is 406 g/mol. The lowest BCUT2D eigenvalue weighted by molar-refractivity contribution is -0.258. The zero-order valence-corrected chi connectivity index (χ0v) is 16.2. The maximum absolute atomic E-state index is 12.9. The SMILES string of the molecule is CC1CN(CC2CC2)CCN1S(=O)(=O)c1ccc(C(C)(O)C(F)(F)F)cc1. The Kier molecular flexibility index (Phi) is 5.35. The van der Waals surface area contributed by atoms with Crippen LogP contribution in [0, 0.1) is 5.92 Å². The number of rotatable bonds is 5. The number of alkyl halides is 3. The van der Waals surface area contributed by atoms with Crippen molar-refractivity contribution in [1.82, 2.24) is 9.21 Å². The quantitative estimate of drug-likeness (QED) is 0.817. The smallest absolute Gasteiger partial charge is 0.376 e. The summed E-state index contributed by atoms with van der Waals surface area (Å²) in [5, 5.41) is 9.72. The number of benzene rings is 1. The molecule has 0 radical (unpaired) electrons. The number of sulfonamides is 1. The second-order valence-electron chi connectivity index (χ2n) is 7.76. The summed E-state index contributed by atoms with van der Waals surface area (Å²) in [6, 6.07) is 4.10. The molecule has 152 valence electrons. The minimum Gasteiger partial charge on any atom is -0.376 e. The Balaban J connectivity index is 1.75. The van der Waals surface area contributed by atoms with Gasteiger partial charge in [-0.15, -0.1) is 0 Å². The molecule has 0 amide bonds. The number of piperazine rings is 1. The third-order valence-electron chi connectivity index (χ3n) is 5.44. The van der Waals surface area contributed by atoms with E-state index >= 15 is 0 Å². The van der Waals surface area contributed by atoms with Crippen molar-refractivity contribution in [1.29, 1.82) is 0 Å². The van der Waals surface area contributed by atoms with E-state index in [-0.39, 0.29) is 10.9 Å². The molecule has 1 N–H and O–H groups in total. The summed E-state index contributed by atoms with van der Waals surface area (Å²) in [6.07, 6.45) is -2.37. The molecule has 1 aromatic carbocycles. The fraction of sp³-hybridized carbons (Fsp3) is 0.667. The predicted molar refractivity (Wildman–Crippen MR) is 94.6 cm³/mol. The maximum atomic E-state index is 12.9. The second-order valence-corrected chi connectivity index (χ2v) is 9.65. The topological polar surface area (TPSA) is 60.9 Å². The van der Waals surface area contributed by atoms with Gasteiger partial charge in [0.15, 0.2) is 5.60 Å². The number of hydrogen-bond donors (Lipinski definition) is 1. The minimum atomic E-state index is -4.85. The van der Waals surface area contributed by atoms with Crippen LogP contribution in [0.3, 0.4) is 0 Å². The van der Waals surface area contributed by atoms with Crippen LogP contribution in [0.25, 0.3) is 0 Å². The summed E-state index contributed by atoms with van der Waals surface area (Å²) >= 11 is 0. The molecule has 3 rings (SSSR count). The summed E-state index contributed by atoms with van der Waals surface area (Å²) in [7, 11) is -3.80. The van der Waals surface area contributed by atoms with E-state index < -0.39 is 27.4 Å². The third-order valence-corrected chi connectivity index (χ3v) is 7.47. The number of nitrogens with zero attached hydrogens (tertiary/aromatic N) is 2. The maximum Gasteiger partial charge on any atom is 0.421 e. The van der Waals surface area contributed by atoms with Gasteiger partial charge >= 0.3 is 6.18 Å². The molecule has 9 heteroatoms. The van der Waals surface area contributed by atoms with Crippen molar-refractivity contribution in [2.24, 2.45) is 5.92 Å². The molecule has 0 aromatic heterocycles. The summed E-state index contributed by atoms with van der Waals surface area (Å²) in [4.78, 5) is 2.21. The van der Waals surface area contributed by atoms with Crippen molar-refractivity contribution < 1.29 is 26.7 Å². The Morgan fingerprint density at radius 2 is 1.74 bits per heavy atom. The highest BCUT2D eigenvalue weighted by atomic mass is 32.2. The van der Waals surface area contributed by atoms with Crippen molar-refractivity contribution in [3.05, 3.63) is 29.8 Å². The van der Waals surface area contributed by atoms with Gasteiger partial charge in [-0.3, -0.25) is 0 Å². The van der Waals surface area contributed by atoms with Gasteiger partial charge in [0.25, 0.3) is 0 Å². The molecule has 2 unspecified atom stereocenters. The molecule has 1 saturated carbocycles. The number of aliphatic hydroxyl groups is 1. The fourth-order valence-electron chi connectivity index (χ4n) is 3.46. The van der Waals surface area contributed by atoms with Crippen LogP contribution in [0.4, 0.5) is 13.2 Å². The highest BCUT2D eigenvalue weighted by Gasteiger charge is 2.51. The van der Waals surface area contributed by atoms with E-state index in [1.54, 1.807) is 0 Å². The molecule has 1 aliphatic carbocycles. The van der Waals surface area contributed by atoms with Crippen molar-refractivity contribution >= 4 is 10.0 Å². The van der Waals surface area contributed by atoms with Gasteiger partial charge in [-0.05, 0) is 50.3 Å². The average molecular weight is 406 g/mol. The summed E-state index contributed by atoms with van der Waals surface area (Å²) in [6.45, 7) is 5.16. The van der Waals surface area contributed by atoms with Gasteiger partial charge in [0, 0.05) is 32.2 Å². The molecule has 2 atom stereocenters. The molecular formula is C18H25F3N2O3S. The first-order chi connectivity index (χ1) is 12.4. The molecule has 1 heterocycles. The number of hydrogen-bond acceptors (Lipinski definition) is 4. The second kappa shape index (κ2) is 7.02. The predicted octanol–water partition coefficient (Wildman–Crippen LogP) is 2.56. The van der Waals surface area contributed by atoms with Gasteiger partial charge in [0.05, 0.1) is 4.90 Å². The van der Waals surface area contributed by atoms with E-state index in [2.05, 4.69) is 4.90 Å². The van der Waals surface area contributed by atoms with E-state index in [0.29, 0.717) is 26.6 Å². The van der Waals surface area contributed by atoms with Crippen molar-refractivity contribution in [3.8, 4) is 0 Å². The van der Waals surface area contributed by atoms with Crippen LogP contribution in [0.15, 0.2) is 29.2 Å². The highest BCUT2D eigenvalue weighted by Crippen LogP contribution is 2.39. The highest BCUT2D eigenvalue weighted by molar-refractivity contribution is 7.89. The Morgan fingerprint density at radius 3 is 2.22 bits per heavy atom. The number of halogens is 3. The molecule has 1 saturated heterocycles. The molecule has 1 aromatic rings. The van der Waals surface area contributed by atoms with Crippen LogP contribution < -0.4 is 0 Å². The van der Waals surface area contributed by atoms with Crippen LogP contribution in [0.5, 0.6) is 0 Å². The molecular weight excluding hydrogens is 381 g/mol. The molecule has 0 bridgehead atoms. The van der Waals surface area contributed by atoms with Gasteiger partial charge in [0.2, 0.25) is 10.0 Å². The van der Waals surface area contributed by atoms with Gasteiger partial charge < -0.3 is 10.0 Å². The van der Waals surface area contributed by atoms with Gasteiger partial charge in [0.1, 0.15) is 0 Å². The van der Waals surface area contributed by atoms with Crippen molar-refractivity contribution in [2.75, 3.05) is 26.2 Å². The Bertz CT molecular complexity index is 774. The third kappa shape index (κ3) is 4.16. The zero-order valence-electron chi connectivity index (χ0n) is 15.4. The standard InChI is InChI=1S/C18H25F3N2O3S/c1-13-11-22(12-14-3-4-14)9-10-23(13)27(25,26)16-7-5-15(6-8-16)17(2,24)18(19,20)21/h5-8,13-14,24H,3-4,9-12H2,1-2H3. The van der Waals surface area contributed by atoms with Crippen LogP contribution in [-0.4, -0.2) is 61.1 Å². The van der Waals surface area contributed by atoms with Crippen molar-refractivity contribution in [3.63, 3.8) is 0 Å². The van der Waals surface area contributed by atoms with E-state index in [4.69, 9.17) is 0 Å². The Hall–Kier alpha value is -1.16. The summed E-state index contributed by atoms with van der Waals surface area (Å²) < 4.78 is 66.1. The summed E-state index contributed by atoms with van der Waals surface area (Å²) in [5.41, 5.74) is -3.42. The zero-order chi connectivity index (χ0) is 20.0. The van der Waals surface area contributed by atoms with Gasteiger partial charge in [-0.1, -0.05) is 12.1 Å². The lowest BCUT2D eigenvalue weighted by Crippen LogP contribution is -2.54. The molecule has 5 nitrogen and oxygen atoms in total. The van der Waals surface area contributed by atoms with Crippen LogP contribution >= 0.6 is 0 Å². The van der Waals surface area contributed by atoms with E-state index in [0.717, 1.165) is 36.7 Å². The molecule has 27 heavy (non-hydrogen) atoms. The lowest BCUT2D eigenvalue weighted by Gasteiger charge is -2.39. The van der Waals surface area contributed by atoms with Crippen molar-refractivity contribution in [2.45, 2.75) is 49.4 Å². The van der Waals surface area contributed by atoms with E-state index in [9.17, 15) is 26.7 Å². The van der Waals surface area contributed by atoms with E-state index in [1.807, 2.05) is 6.92 Å². The van der Waals surface area contributed by atoms with Gasteiger partial charge in [-0.2, -0.15) is 17.5 Å². The Labute approximate surface area is 157 Å². The fourth-order valence-corrected chi connectivity index (χ4v) is 5.07. The first-order valence-corrected chi connectivity index (χ1v) is 10.5. The van der Waals surface area contributed by atoms with Crippen LogP contribution in [0.2, 0.25) is 0 Å². The summed E-state index contributed by atoms with van der Waals surface area (Å²) in [5.74, 6) is 0.731. The molecule has 2 aliphatic rings. The first kappa shape index (κ1) is 20.6. The average Bonchev–Trinajstić information content (AvgIpc) is 3.37. The molecule has 0 spiro atoms. The molecule has 2 fully saturated rings. The Morgan fingerprint density at radius 1 is 1.15 bits per heavy atom. The normalized spacial score (nSPS) is 25.3. The largest absolute Gasteiger partial charge is 0.421 e. The van der Waals surface area contributed by atoms with Gasteiger partial charge in [-0.25, -0.2) is 8.42 Å². The minimum absolute atomic E-state index is 0.0632. The van der Waals surface area contributed by atoms with Crippen LogP contribution in [0.1, 0.15) is 32.3 Å².